The van der Waals surface area contributed by atoms with Crippen molar-refractivity contribution in [3.05, 3.63) is 29.8 Å². The number of carbonyl (C=O) groups is 1. The number of methoxy groups -OCH3 is 1. The third-order valence-corrected chi connectivity index (χ3v) is 1.95. The zero-order chi connectivity index (χ0) is 12.2. The van der Waals surface area contributed by atoms with Gasteiger partial charge >= 0.3 is 5.97 Å². The van der Waals surface area contributed by atoms with Crippen molar-refractivity contribution in [2.24, 2.45) is 5.41 Å². The summed E-state index contributed by atoms with van der Waals surface area (Å²) in [6, 6.07) is 7.10. The number of rotatable bonds is 3. The van der Waals surface area contributed by atoms with Gasteiger partial charge in [-0.2, -0.15) is 0 Å². The van der Waals surface area contributed by atoms with Crippen molar-refractivity contribution in [2.75, 3.05) is 13.7 Å². The molecule has 0 saturated carbocycles. The molecule has 0 aliphatic heterocycles. The molecule has 3 heteroatoms. The van der Waals surface area contributed by atoms with Gasteiger partial charge in [0.2, 0.25) is 0 Å². The molecule has 1 aromatic carbocycles. The number of ether oxygens (including phenoxy) is 2. The van der Waals surface area contributed by atoms with Crippen LogP contribution in [0, 0.1) is 5.41 Å². The van der Waals surface area contributed by atoms with Crippen LogP contribution in [0.3, 0.4) is 0 Å². The summed E-state index contributed by atoms with van der Waals surface area (Å²) in [5.74, 6) is 0.203. The van der Waals surface area contributed by atoms with Crippen LogP contribution in [0.25, 0.3) is 0 Å². The molecular weight excluding hydrogens is 204 g/mol. The second-order valence-corrected chi connectivity index (χ2v) is 4.84. The van der Waals surface area contributed by atoms with Gasteiger partial charge in [0.15, 0.2) is 0 Å². The van der Waals surface area contributed by atoms with Gasteiger partial charge in [0.25, 0.3) is 0 Å². The lowest BCUT2D eigenvalue weighted by Crippen LogP contribution is -2.18. The molecule has 0 heterocycles. The molecule has 0 fully saturated rings. The van der Waals surface area contributed by atoms with E-state index in [2.05, 4.69) is 25.5 Å². The minimum absolute atomic E-state index is 0.0588. The first-order chi connectivity index (χ1) is 7.44. The first-order valence-electron chi connectivity index (χ1n) is 5.24. The average Bonchev–Trinajstić information content (AvgIpc) is 2.25. The van der Waals surface area contributed by atoms with E-state index in [-0.39, 0.29) is 11.4 Å². The molecule has 0 bridgehead atoms. The SMILES string of the molecule is COC(=O)c1ccccc1OCC(C)(C)C. The molecule has 3 nitrogen and oxygen atoms in total. The van der Waals surface area contributed by atoms with Gasteiger partial charge in [-0.05, 0) is 17.5 Å². The molecule has 16 heavy (non-hydrogen) atoms. The van der Waals surface area contributed by atoms with Gasteiger partial charge in [-0.25, -0.2) is 4.79 Å². The van der Waals surface area contributed by atoms with Gasteiger partial charge in [0, 0.05) is 0 Å². The van der Waals surface area contributed by atoms with Crippen LogP contribution in [0.2, 0.25) is 0 Å². The zero-order valence-electron chi connectivity index (χ0n) is 10.2. The lowest BCUT2D eigenvalue weighted by molar-refractivity contribution is 0.0593. The van der Waals surface area contributed by atoms with Crippen molar-refractivity contribution in [1.82, 2.24) is 0 Å². The van der Waals surface area contributed by atoms with E-state index in [0.717, 1.165) is 0 Å². The van der Waals surface area contributed by atoms with Crippen LogP contribution in [0.1, 0.15) is 31.1 Å². The Hall–Kier alpha value is -1.51. The van der Waals surface area contributed by atoms with Crippen molar-refractivity contribution in [1.29, 1.82) is 0 Å². The van der Waals surface area contributed by atoms with Gasteiger partial charge in [-0.15, -0.1) is 0 Å². The summed E-state index contributed by atoms with van der Waals surface area (Å²) in [4.78, 5) is 11.5. The number of hydrogen-bond acceptors (Lipinski definition) is 3. The Morgan fingerprint density at radius 1 is 1.25 bits per heavy atom. The van der Waals surface area contributed by atoms with Crippen LogP contribution in [0.4, 0.5) is 0 Å². The van der Waals surface area contributed by atoms with E-state index < -0.39 is 0 Å². The summed E-state index contributed by atoms with van der Waals surface area (Å²) >= 11 is 0. The normalized spacial score (nSPS) is 11.0. The first kappa shape index (κ1) is 12.6. The number of hydrogen-bond donors (Lipinski definition) is 0. The maximum atomic E-state index is 11.5. The molecular formula is C13H18O3. The Labute approximate surface area is 96.4 Å². The third kappa shape index (κ3) is 3.57. The second-order valence-electron chi connectivity index (χ2n) is 4.84. The highest BCUT2D eigenvalue weighted by molar-refractivity contribution is 5.92. The van der Waals surface area contributed by atoms with Crippen LogP contribution in [0.15, 0.2) is 24.3 Å². The van der Waals surface area contributed by atoms with E-state index >= 15 is 0 Å². The molecule has 0 spiro atoms. The van der Waals surface area contributed by atoms with E-state index in [9.17, 15) is 4.79 Å². The molecule has 0 aromatic heterocycles. The van der Waals surface area contributed by atoms with Gasteiger partial charge < -0.3 is 9.47 Å². The van der Waals surface area contributed by atoms with E-state index in [1.807, 2.05) is 6.07 Å². The fourth-order valence-corrected chi connectivity index (χ4v) is 1.17. The van der Waals surface area contributed by atoms with Gasteiger partial charge in [0.1, 0.15) is 11.3 Å². The average molecular weight is 222 g/mol. The predicted molar refractivity (Wildman–Crippen MR) is 62.7 cm³/mol. The number of esters is 1. The van der Waals surface area contributed by atoms with Crippen molar-refractivity contribution in [2.45, 2.75) is 20.8 Å². The fraction of sp³-hybridized carbons (Fsp3) is 0.462. The van der Waals surface area contributed by atoms with E-state index in [1.54, 1.807) is 18.2 Å². The lowest BCUT2D eigenvalue weighted by Gasteiger charge is -2.19. The second kappa shape index (κ2) is 5.01. The Balaban J connectivity index is 2.83. The van der Waals surface area contributed by atoms with Crippen LogP contribution in [0.5, 0.6) is 5.75 Å². The number of carbonyl (C=O) groups excluding carboxylic acids is 1. The van der Waals surface area contributed by atoms with Crippen molar-refractivity contribution < 1.29 is 14.3 Å². The summed E-state index contributed by atoms with van der Waals surface area (Å²) in [7, 11) is 1.36. The molecule has 0 aliphatic rings. The van der Waals surface area contributed by atoms with E-state index in [0.29, 0.717) is 17.9 Å². The highest BCUT2D eigenvalue weighted by Gasteiger charge is 2.15. The molecule has 0 aliphatic carbocycles. The molecule has 0 saturated heterocycles. The molecule has 0 amide bonds. The van der Waals surface area contributed by atoms with Gasteiger partial charge in [-0.3, -0.25) is 0 Å². The smallest absolute Gasteiger partial charge is 0.341 e. The Morgan fingerprint density at radius 3 is 2.44 bits per heavy atom. The lowest BCUT2D eigenvalue weighted by atomic mass is 9.98. The molecule has 0 N–H and O–H groups in total. The van der Waals surface area contributed by atoms with Crippen LogP contribution < -0.4 is 4.74 Å². The molecule has 1 rings (SSSR count). The summed E-state index contributed by atoms with van der Waals surface area (Å²) in [5.41, 5.74) is 0.526. The van der Waals surface area contributed by atoms with Crippen LogP contribution >= 0.6 is 0 Å². The van der Waals surface area contributed by atoms with E-state index in [4.69, 9.17) is 4.74 Å². The highest BCUT2D eigenvalue weighted by Crippen LogP contribution is 2.22. The molecule has 88 valence electrons. The zero-order valence-corrected chi connectivity index (χ0v) is 10.2. The maximum Gasteiger partial charge on any atom is 0.341 e. The predicted octanol–water partition coefficient (Wildman–Crippen LogP) is 2.90. The number of para-hydroxylation sites is 1. The summed E-state index contributed by atoms with van der Waals surface area (Å²) in [5, 5.41) is 0. The minimum Gasteiger partial charge on any atom is -0.492 e. The Kier molecular flexibility index (Phi) is 3.93. The highest BCUT2D eigenvalue weighted by atomic mass is 16.5. The topological polar surface area (TPSA) is 35.5 Å². The largest absolute Gasteiger partial charge is 0.492 e. The molecule has 0 atom stereocenters. The van der Waals surface area contributed by atoms with Crippen LogP contribution in [-0.4, -0.2) is 19.7 Å². The molecule has 1 aromatic rings. The van der Waals surface area contributed by atoms with Crippen molar-refractivity contribution >= 4 is 5.97 Å². The standard InChI is InChI=1S/C13H18O3/c1-13(2,3)9-16-11-8-6-5-7-10(11)12(14)15-4/h5-8H,9H2,1-4H3. The minimum atomic E-state index is -0.371. The monoisotopic (exact) mass is 222 g/mol. The van der Waals surface area contributed by atoms with Crippen molar-refractivity contribution in [3.63, 3.8) is 0 Å². The van der Waals surface area contributed by atoms with Gasteiger partial charge in [0.05, 0.1) is 13.7 Å². The number of benzene rings is 1. The Bertz CT molecular complexity index is 364. The molecule has 0 radical (unpaired) electrons. The quantitative estimate of drug-likeness (QED) is 0.738. The van der Waals surface area contributed by atoms with E-state index in [1.165, 1.54) is 7.11 Å². The van der Waals surface area contributed by atoms with Crippen molar-refractivity contribution in [3.8, 4) is 5.75 Å². The maximum absolute atomic E-state index is 11.5. The van der Waals surface area contributed by atoms with Crippen LogP contribution in [-0.2, 0) is 4.74 Å². The van der Waals surface area contributed by atoms with Gasteiger partial charge in [-0.1, -0.05) is 32.9 Å². The third-order valence-electron chi connectivity index (χ3n) is 1.95. The fourth-order valence-electron chi connectivity index (χ4n) is 1.17. The summed E-state index contributed by atoms with van der Waals surface area (Å²) in [6.07, 6.45) is 0. The first-order valence-corrected chi connectivity index (χ1v) is 5.24. The summed E-state index contributed by atoms with van der Waals surface area (Å²) in [6.45, 7) is 6.79. The Morgan fingerprint density at radius 2 is 1.88 bits per heavy atom. The molecule has 0 unspecified atom stereocenters. The summed E-state index contributed by atoms with van der Waals surface area (Å²) < 4.78 is 10.3.